The Balaban J connectivity index is 2.41. The Bertz CT molecular complexity index is 636. The van der Waals surface area contributed by atoms with Crippen molar-refractivity contribution < 1.29 is 13.5 Å². The molecule has 0 saturated carbocycles. The fraction of sp³-hybridized carbons (Fsp3) is 0.364. The molecular formula is C11H15N3O3S. The lowest BCUT2D eigenvalue weighted by Crippen LogP contribution is -2.28. The maximum absolute atomic E-state index is 12.3. The second kappa shape index (κ2) is 5.05. The quantitative estimate of drug-likeness (QED) is 0.830. The number of H-pyrrole nitrogens is 1. The third-order valence-corrected chi connectivity index (χ3v) is 4.63. The van der Waals surface area contributed by atoms with Crippen molar-refractivity contribution in [3.05, 3.63) is 24.5 Å². The predicted molar refractivity (Wildman–Crippen MR) is 67.6 cm³/mol. The Morgan fingerprint density at radius 2 is 2.28 bits per heavy atom. The zero-order valence-corrected chi connectivity index (χ0v) is 10.8. The van der Waals surface area contributed by atoms with E-state index in [9.17, 15) is 8.42 Å². The molecule has 0 amide bonds. The van der Waals surface area contributed by atoms with E-state index in [1.807, 2.05) is 0 Å². The lowest BCUT2D eigenvalue weighted by atomic mass is 10.3. The molecule has 0 aliphatic heterocycles. The molecule has 2 N–H and O–H groups in total. The molecule has 98 valence electrons. The van der Waals surface area contributed by atoms with Crippen LogP contribution in [0.3, 0.4) is 0 Å². The van der Waals surface area contributed by atoms with Crippen molar-refractivity contribution in [3.8, 4) is 0 Å². The fourth-order valence-corrected chi connectivity index (χ4v) is 3.08. The Hall–Kier alpha value is -1.44. The molecule has 0 unspecified atom stereocenters. The summed E-state index contributed by atoms with van der Waals surface area (Å²) in [6, 6.07) is 3.41. The number of pyridine rings is 1. The molecule has 2 rings (SSSR count). The Morgan fingerprint density at radius 3 is 3.00 bits per heavy atom. The van der Waals surface area contributed by atoms with Crippen LogP contribution in [0.5, 0.6) is 0 Å². The van der Waals surface area contributed by atoms with Gasteiger partial charge in [0, 0.05) is 38.0 Å². The molecule has 7 heteroatoms. The fourth-order valence-electron chi connectivity index (χ4n) is 1.73. The highest BCUT2D eigenvalue weighted by Crippen LogP contribution is 2.23. The zero-order valence-electron chi connectivity index (χ0n) is 10.00. The summed E-state index contributed by atoms with van der Waals surface area (Å²) in [4.78, 5) is 7.11. The van der Waals surface area contributed by atoms with Crippen LogP contribution in [0.1, 0.15) is 6.42 Å². The summed E-state index contributed by atoms with van der Waals surface area (Å²) in [5.41, 5.74) is 0.548. The van der Waals surface area contributed by atoms with Crippen LogP contribution in [0.2, 0.25) is 0 Å². The molecule has 0 aliphatic rings. The van der Waals surface area contributed by atoms with Gasteiger partial charge in [-0.25, -0.2) is 17.7 Å². The normalized spacial score (nSPS) is 12.4. The molecule has 6 nitrogen and oxygen atoms in total. The lowest BCUT2D eigenvalue weighted by Gasteiger charge is -2.15. The van der Waals surface area contributed by atoms with Gasteiger partial charge in [0.15, 0.2) is 0 Å². The van der Waals surface area contributed by atoms with E-state index < -0.39 is 10.0 Å². The molecule has 0 aromatic carbocycles. The van der Waals surface area contributed by atoms with E-state index in [4.69, 9.17) is 5.11 Å². The summed E-state index contributed by atoms with van der Waals surface area (Å²) < 4.78 is 25.9. The number of aliphatic hydroxyl groups excluding tert-OH is 1. The van der Waals surface area contributed by atoms with Crippen LogP contribution in [0.4, 0.5) is 0 Å². The maximum atomic E-state index is 12.3. The highest BCUT2D eigenvalue weighted by Gasteiger charge is 2.23. The number of hydrogen-bond donors (Lipinski definition) is 2. The average molecular weight is 269 g/mol. The van der Waals surface area contributed by atoms with Gasteiger partial charge in [-0.1, -0.05) is 0 Å². The summed E-state index contributed by atoms with van der Waals surface area (Å²) >= 11 is 0. The number of hydrogen-bond acceptors (Lipinski definition) is 4. The first-order valence-electron chi connectivity index (χ1n) is 5.56. The molecule has 0 fully saturated rings. The van der Waals surface area contributed by atoms with E-state index in [0.717, 1.165) is 0 Å². The van der Waals surface area contributed by atoms with E-state index in [1.54, 1.807) is 18.3 Å². The molecule has 0 atom stereocenters. The minimum atomic E-state index is -3.54. The smallest absolute Gasteiger partial charge is 0.245 e. The summed E-state index contributed by atoms with van der Waals surface area (Å²) in [6.07, 6.45) is 3.46. The zero-order chi connectivity index (χ0) is 13.2. The first-order chi connectivity index (χ1) is 8.57. The number of rotatable bonds is 5. The highest BCUT2D eigenvalue weighted by atomic mass is 32.2. The second-order valence-electron chi connectivity index (χ2n) is 3.96. The molecule has 0 aliphatic carbocycles. The third-order valence-electron chi connectivity index (χ3n) is 2.73. The van der Waals surface area contributed by atoms with Crippen molar-refractivity contribution in [2.75, 3.05) is 20.2 Å². The van der Waals surface area contributed by atoms with Gasteiger partial charge in [-0.05, 0) is 18.6 Å². The van der Waals surface area contributed by atoms with Gasteiger partial charge < -0.3 is 10.1 Å². The van der Waals surface area contributed by atoms with E-state index in [0.29, 0.717) is 17.5 Å². The van der Waals surface area contributed by atoms with E-state index in [-0.39, 0.29) is 18.0 Å². The lowest BCUT2D eigenvalue weighted by molar-refractivity contribution is 0.275. The number of aromatic nitrogens is 2. The Kier molecular flexibility index (Phi) is 3.65. The van der Waals surface area contributed by atoms with Crippen LogP contribution >= 0.6 is 0 Å². The first-order valence-corrected chi connectivity index (χ1v) is 7.00. The van der Waals surface area contributed by atoms with Gasteiger partial charge in [-0.2, -0.15) is 0 Å². The number of aliphatic hydroxyl groups is 1. The standard InChI is InChI=1S/C11H15N3O3S/c1-14(6-3-7-15)18(16,17)10-8-13-11-9(10)4-2-5-12-11/h2,4-5,8,15H,3,6-7H2,1H3,(H,12,13). The molecule has 2 aromatic heterocycles. The van der Waals surface area contributed by atoms with Crippen molar-refractivity contribution in [1.82, 2.24) is 14.3 Å². The van der Waals surface area contributed by atoms with Crippen molar-refractivity contribution in [1.29, 1.82) is 0 Å². The van der Waals surface area contributed by atoms with Crippen LogP contribution in [0, 0.1) is 0 Å². The van der Waals surface area contributed by atoms with Crippen LogP contribution in [0.25, 0.3) is 11.0 Å². The highest BCUT2D eigenvalue weighted by molar-refractivity contribution is 7.89. The van der Waals surface area contributed by atoms with Crippen molar-refractivity contribution in [2.45, 2.75) is 11.3 Å². The average Bonchev–Trinajstić information content (AvgIpc) is 2.80. The number of fused-ring (bicyclic) bond motifs is 1. The summed E-state index contributed by atoms with van der Waals surface area (Å²) in [5.74, 6) is 0. The molecule has 0 radical (unpaired) electrons. The van der Waals surface area contributed by atoms with Gasteiger partial charge >= 0.3 is 0 Å². The Morgan fingerprint density at radius 1 is 1.50 bits per heavy atom. The minimum absolute atomic E-state index is 0.0324. The maximum Gasteiger partial charge on any atom is 0.245 e. The van der Waals surface area contributed by atoms with Crippen LogP contribution in [0.15, 0.2) is 29.4 Å². The topological polar surface area (TPSA) is 86.3 Å². The predicted octanol–water partition coefficient (Wildman–Crippen LogP) is 0.566. The molecule has 2 heterocycles. The minimum Gasteiger partial charge on any atom is -0.396 e. The third kappa shape index (κ3) is 2.24. The first kappa shape index (κ1) is 13.0. The largest absolute Gasteiger partial charge is 0.396 e. The van der Waals surface area contributed by atoms with Gasteiger partial charge in [-0.3, -0.25) is 0 Å². The van der Waals surface area contributed by atoms with Crippen molar-refractivity contribution >= 4 is 21.1 Å². The molecule has 2 aromatic rings. The molecule has 0 bridgehead atoms. The van der Waals surface area contributed by atoms with Gasteiger partial charge in [0.2, 0.25) is 10.0 Å². The monoisotopic (exact) mass is 269 g/mol. The van der Waals surface area contributed by atoms with Gasteiger partial charge in [0.25, 0.3) is 0 Å². The van der Waals surface area contributed by atoms with Crippen LogP contribution in [-0.4, -0.2) is 48.0 Å². The van der Waals surface area contributed by atoms with Gasteiger partial charge in [0.05, 0.1) is 0 Å². The van der Waals surface area contributed by atoms with Crippen molar-refractivity contribution in [3.63, 3.8) is 0 Å². The SMILES string of the molecule is CN(CCCO)S(=O)(=O)c1c[nH]c2ncccc12. The number of sulfonamides is 1. The van der Waals surface area contributed by atoms with Gasteiger partial charge in [-0.15, -0.1) is 0 Å². The molecule has 18 heavy (non-hydrogen) atoms. The number of nitrogens with one attached hydrogen (secondary N) is 1. The molecular weight excluding hydrogens is 254 g/mol. The molecule has 0 spiro atoms. The van der Waals surface area contributed by atoms with Gasteiger partial charge in [0.1, 0.15) is 10.5 Å². The van der Waals surface area contributed by atoms with Crippen LogP contribution < -0.4 is 0 Å². The number of aromatic amines is 1. The summed E-state index contributed by atoms with van der Waals surface area (Å²) in [6.45, 7) is 0.251. The Labute approximate surface area is 105 Å². The summed E-state index contributed by atoms with van der Waals surface area (Å²) in [7, 11) is -2.04. The summed E-state index contributed by atoms with van der Waals surface area (Å²) in [5, 5.41) is 9.32. The molecule has 0 saturated heterocycles. The second-order valence-corrected chi connectivity index (χ2v) is 5.97. The van der Waals surface area contributed by atoms with Crippen LogP contribution in [-0.2, 0) is 10.0 Å². The van der Waals surface area contributed by atoms with E-state index in [2.05, 4.69) is 9.97 Å². The van der Waals surface area contributed by atoms with E-state index in [1.165, 1.54) is 17.5 Å². The number of nitrogens with zero attached hydrogens (tertiary/aromatic N) is 2. The van der Waals surface area contributed by atoms with E-state index >= 15 is 0 Å². The van der Waals surface area contributed by atoms with Crippen molar-refractivity contribution in [2.24, 2.45) is 0 Å².